The molecule has 8 aromatic heterocycles. The predicted molar refractivity (Wildman–Crippen MR) is 228 cm³/mol. The monoisotopic (exact) mass is 792 g/mol. The van der Waals surface area contributed by atoms with Crippen molar-refractivity contribution in [1.82, 2.24) is 39.9 Å². The van der Waals surface area contributed by atoms with E-state index in [1.54, 1.807) is 24.8 Å². The van der Waals surface area contributed by atoms with E-state index < -0.39 is 5.41 Å². The molecule has 12 heteroatoms. The van der Waals surface area contributed by atoms with E-state index in [-0.39, 0.29) is 0 Å². The Morgan fingerprint density at radius 3 is 0.721 bits per heavy atom. The van der Waals surface area contributed by atoms with Crippen molar-refractivity contribution in [3.63, 3.8) is 0 Å². The molecule has 61 heavy (non-hydrogen) atoms. The van der Waals surface area contributed by atoms with Gasteiger partial charge in [0.15, 0.2) is 0 Å². The van der Waals surface area contributed by atoms with Gasteiger partial charge in [0.1, 0.15) is 22.1 Å². The standard InChI is InChI=1S/C49H28N8O4/c1-5-37-45(50-25-1)58-41(54-37)29-9-17-33(18-10-29)49(34-19-11-30(12-20-34)42-55-38-6-2-26-51-46(38)59-42,35-21-13-31(14-22-35)43-56-39-7-3-27-52-47(39)60-43)36-23-15-32(16-24-36)44-57-40-8-4-28-53-48(40)61-44/h1-28H. The van der Waals surface area contributed by atoms with Crippen molar-refractivity contribution in [3.8, 4) is 45.8 Å². The summed E-state index contributed by atoms with van der Waals surface area (Å²) in [6, 6.07) is 48.2. The molecule has 0 saturated carbocycles. The fraction of sp³-hybridized carbons (Fsp3) is 0.0204. The van der Waals surface area contributed by atoms with Crippen LogP contribution < -0.4 is 0 Å². The fourth-order valence-electron chi connectivity index (χ4n) is 8.02. The largest absolute Gasteiger partial charge is 0.418 e. The Morgan fingerprint density at radius 2 is 0.508 bits per heavy atom. The van der Waals surface area contributed by atoms with Crippen molar-refractivity contribution >= 4 is 44.9 Å². The molecular formula is C49H28N8O4. The van der Waals surface area contributed by atoms with Gasteiger partial charge in [-0.3, -0.25) is 0 Å². The van der Waals surface area contributed by atoms with Gasteiger partial charge >= 0.3 is 0 Å². The number of fused-ring (bicyclic) bond motifs is 4. The summed E-state index contributed by atoms with van der Waals surface area (Å²) < 4.78 is 24.3. The minimum Gasteiger partial charge on any atom is -0.418 e. The van der Waals surface area contributed by atoms with E-state index in [0.29, 0.717) is 68.5 Å². The van der Waals surface area contributed by atoms with Gasteiger partial charge in [-0.05, 0) is 119 Å². The smallest absolute Gasteiger partial charge is 0.247 e. The Bertz CT molecular complexity index is 2930. The second-order valence-electron chi connectivity index (χ2n) is 14.4. The molecule has 8 heterocycles. The van der Waals surface area contributed by atoms with Gasteiger partial charge in [-0.15, -0.1) is 0 Å². The minimum absolute atomic E-state index is 0.482. The molecule has 12 rings (SSSR count). The Hall–Kier alpha value is -8.64. The second kappa shape index (κ2) is 13.7. The van der Waals surface area contributed by atoms with Crippen molar-refractivity contribution in [2.45, 2.75) is 5.41 Å². The first-order valence-electron chi connectivity index (χ1n) is 19.5. The van der Waals surface area contributed by atoms with Gasteiger partial charge in [0.25, 0.3) is 0 Å². The molecule has 12 aromatic rings. The SMILES string of the molecule is c1cnc2oc(-c3ccc(C(c4ccc(-c5nc6cccnc6o5)cc4)(c4ccc(-c5nc6cccnc6o5)cc4)c4ccc(-c5nc6cccnc6o5)cc4)cc3)nc2c1. The molecule has 0 atom stereocenters. The van der Waals surface area contributed by atoms with Crippen LogP contribution in [0.1, 0.15) is 22.3 Å². The van der Waals surface area contributed by atoms with Crippen LogP contribution in [0.4, 0.5) is 0 Å². The van der Waals surface area contributed by atoms with Gasteiger partial charge in [-0.25, -0.2) is 39.9 Å². The zero-order chi connectivity index (χ0) is 40.3. The highest BCUT2D eigenvalue weighted by molar-refractivity contribution is 5.77. The molecule has 0 bridgehead atoms. The molecular weight excluding hydrogens is 765 g/mol. The van der Waals surface area contributed by atoms with Gasteiger partial charge in [0.2, 0.25) is 46.4 Å². The molecule has 4 aromatic carbocycles. The van der Waals surface area contributed by atoms with Gasteiger partial charge in [-0.1, -0.05) is 48.5 Å². The lowest BCUT2D eigenvalue weighted by atomic mass is 9.65. The first-order valence-corrected chi connectivity index (χ1v) is 19.5. The summed E-state index contributed by atoms with van der Waals surface area (Å²) in [4.78, 5) is 36.3. The van der Waals surface area contributed by atoms with Crippen LogP contribution in [0.2, 0.25) is 0 Å². The summed E-state index contributed by atoms with van der Waals surface area (Å²) in [5, 5.41) is 0. The molecule has 0 spiro atoms. The highest BCUT2D eigenvalue weighted by Gasteiger charge is 2.39. The van der Waals surface area contributed by atoms with E-state index in [2.05, 4.69) is 68.5 Å². The number of benzene rings is 4. The van der Waals surface area contributed by atoms with E-state index in [1.807, 2.05) is 97.1 Å². The number of oxazole rings is 4. The molecule has 0 aliphatic carbocycles. The average molecular weight is 793 g/mol. The van der Waals surface area contributed by atoms with Crippen molar-refractivity contribution in [3.05, 3.63) is 193 Å². The summed E-state index contributed by atoms with van der Waals surface area (Å²) in [5.41, 5.74) is 11.0. The number of hydrogen-bond acceptors (Lipinski definition) is 12. The molecule has 0 aliphatic rings. The number of hydrogen-bond donors (Lipinski definition) is 0. The molecule has 0 radical (unpaired) electrons. The third-order valence-corrected chi connectivity index (χ3v) is 10.9. The maximum absolute atomic E-state index is 6.08. The topological polar surface area (TPSA) is 156 Å². The van der Waals surface area contributed by atoms with Crippen LogP contribution in [0.15, 0.2) is 188 Å². The molecule has 0 saturated heterocycles. The van der Waals surface area contributed by atoms with Crippen LogP contribution >= 0.6 is 0 Å². The maximum Gasteiger partial charge on any atom is 0.247 e. The van der Waals surface area contributed by atoms with Crippen LogP contribution in [-0.2, 0) is 5.41 Å². The van der Waals surface area contributed by atoms with Crippen molar-refractivity contribution < 1.29 is 17.7 Å². The molecule has 0 N–H and O–H groups in total. The number of rotatable bonds is 8. The highest BCUT2D eigenvalue weighted by atomic mass is 16.4. The molecule has 0 unspecified atom stereocenters. The molecule has 12 nitrogen and oxygen atoms in total. The summed E-state index contributed by atoms with van der Waals surface area (Å²) in [5.74, 6) is 1.93. The Morgan fingerprint density at radius 1 is 0.279 bits per heavy atom. The lowest BCUT2D eigenvalue weighted by molar-refractivity contribution is 0.607. The Labute approximate surface area is 345 Å². The van der Waals surface area contributed by atoms with Gasteiger partial charge in [0.05, 0.1) is 5.41 Å². The Kier molecular flexibility index (Phi) is 7.75. The van der Waals surface area contributed by atoms with Gasteiger partial charge < -0.3 is 17.7 Å². The second-order valence-corrected chi connectivity index (χ2v) is 14.4. The quantitative estimate of drug-likeness (QED) is 0.134. The first-order chi connectivity index (χ1) is 30.2. The summed E-state index contributed by atoms with van der Waals surface area (Å²) in [6.07, 6.45) is 6.78. The normalized spacial score (nSPS) is 11.9. The van der Waals surface area contributed by atoms with E-state index in [0.717, 1.165) is 44.5 Å². The van der Waals surface area contributed by atoms with Crippen LogP contribution in [0.5, 0.6) is 0 Å². The molecule has 0 aliphatic heterocycles. The van der Waals surface area contributed by atoms with Gasteiger partial charge in [-0.2, -0.15) is 0 Å². The maximum atomic E-state index is 6.08. The van der Waals surface area contributed by atoms with E-state index in [1.165, 1.54) is 0 Å². The zero-order valence-corrected chi connectivity index (χ0v) is 31.9. The fourth-order valence-corrected chi connectivity index (χ4v) is 8.02. The number of nitrogens with zero attached hydrogens (tertiary/aromatic N) is 8. The van der Waals surface area contributed by atoms with Crippen LogP contribution in [0, 0.1) is 0 Å². The lowest BCUT2D eigenvalue weighted by Gasteiger charge is -2.37. The Balaban J connectivity index is 1.05. The summed E-state index contributed by atoms with van der Waals surface area (Å²) in [7, 11) is 0. The predicted octanol–water partition coefficient (Wildman–Crippen LogP) is 10.9. The van der Waals surface area contributed by atoms with Crippen LogP contribution in [-0.4, -0.2) is 39.9 Å². The molecule has 0 amide bonds. The first kappa shape index (κ1) is 34.4. The van der Waals surface area contributed by atoms with Gasteiger partial charge in [0, 0.05) is 47.0 Å². The van der Waals surface area contributed by atoms with E-state index in [9.17, 15) is 0 Å². The highest BCUT2D eigenvalue weighted by Crippen LogP contribution is 2.47. The third-order valence-electron chi connectivity index (χ3n) is 10.9. The van der Waals surface area contributed by atoms with E-state index in [4.69, 9.17) is 37.6 Å². The minimum atomic E-state index is -0.883. The van der Waals surface area contributed by atoms with Crippen LogP contribution in [0.3, 0.4) is 0 Å². The van der Waals surface area contributed by atoms with Crippen molar-refractivity contribution in [2.75, 3.05) is 0 Å². The molecule has 288 valence electrons. The van der Waals surface area contributed by atoms with E-state index >= 15 is 0 Å². The number of aromatic nitrogens is 8. The average Bonchev–Trinajstić information content (AvgIpc) is 4.15. The summed E-state index contributed by atoms with van der Waals surface area (Å²) in [6.45, 7) is 0. The van der Waals surface area contributed by atoms with Crippen molar-refractivity contribution in [2.24, 2.45) is 0 Å². The zero-order valence-electron chi connectivity index (χ0n) is 31.9. The van der Waals surface area contributed by atoms with Crippen LogP contribution in [0.25, 0.3) is 90.7 Å². The summed E-state index contributed by atoms with van der Waals surface area (Å²) >= 11 is 0. The number of pyridine rings is 4. The third kappa shape index (κ3) is 5.76. The molecule has 0 fully saturated rings. The van der Waals surface area contributed by atoms with Crippen molar-refractivity contribution in [1.29, 1.82) is 0 Å². The lowest BCUT2D eigenvalue weighted by Crippen LogP contribution is -2.31.